The van der Waals surface area contributed by atoms with Crippen LogP contribution in [0.5, 0.6) is 5.88 Å². The molecule has 0 radical (unpaired) electrons. The molecule has 0 atom stereocenters. The van der Waals surface area contributed by atoms with Crippen molar-refractivity contribution in [2.24, 2.45) is 0 Å². The minimum absolute atomic E-state index is 0.114. The predicted molar refractivity (Wildman–Crippen MR) is 86.8 cm³/mol. The summed E-state index contributed by atoms with van der Waals surface area (Å²) in [6.45, 7) is 5.13. The van der Waals surface area contributed by atoms with Crippen molar-refractivity contribution in [3.05, 3.63) is 24.0 Å². The number of aliphatic hydroxyl groups is 1. The van der Waals surface area contributed by atoms with Gasteiger partial charge in [0.1, 0.15) is 18.0 Å². The molecule has 0 saturated heterocycles. The minimum Gasteiger partial charge on any atom is -0.480 e. The topological polar surface area (TPSA) is 105 Å². The summed E-state index contributed by atoms with van der Waals surface area (Å²) in [4.78, 5) is 20.0. The zero-order chi connectivity index (χ0) is 17.0. The van der Waals surface area contributed by atoms with Crippen molar-refractivity contribution in [2.75, 3.05) is 18.5 Å². The molecule has 1 aromatic carbocycles. The van der Waals surface area contributed by atoms with Gasteiger partial charge in [-0.05, 0) is 32.0 Å². The molecule has 0 unspecified atom stereocenters. The van der Waals surface area contributed by atoms with E-state index in [0.717, 1.165) is 0 Å². The van der Waals surface area contributed by atoms with E-state index in [1.165, 1.54) is 0 Å². The first-order chi connectivity index (χ1) is 10.9. The fourth-order valence-electron chi connectivity index (χ4n) is 2.05. The summed E-state index contributed by atoms with van der Waals surface area (Å²) in [6, 6.07) is 5.32. The fraction of sp³-hybridized carbons (Fsp3) is 0.438. The number of aliphatic carboxylic acids is 1. The highest BCUT2D eigenvalue weighted by Gasteiger charge is 2.26. The largest absolute Gasteiger partial charge is 0.480 e. The molecular formula is C16H21N3O4. The Bertz CT molecular complexity index is 716. The van der Waals surface area contributed by atoms with E-state index >= 15 is 0 Å². The molecule has 0 aliphatic carbocycles. The Balaban J connectivity index is 2.46. The van der Waals surface area contributed by atoms with E-state index in [1.807, 2.05) is 6.92 Å². The molecular weight excluding hydrogens is 298 g/mol. The highest BCUT2D eigenvalue weighted by atomic mass is 16.5. The Kier molecular flexibility index (Phi) is 5.00. The average Bonchev–Trinajstić information content (AvgIpc) is 2.51. The lowest BCUT2D eigenvalue weighted by atomic mass is 10.1. The number of aliphatic hydroxyl groups excluding tert-OH is 1. The van der Waals surface area contributed by atoms with E-state index in [4.69, 9.17) is 9.84 Å². The molecule has 0 aliphatic heterocycles. The van der Waals surface area contributed by atoms with Gasteiger partial charge in [0.15, 0.2) is 0 Å². The summed E-state index contributed by atoms with van der Waals surface area (Å²) >= 11 is 0. The first kappa shape index (κ1) is 17.0. The van der Waals surface area contributed by atoms with Gasteiger partial charge in [0, 0.05) is 12.1 Å². The second kappa shape index (κ2) is 6.78. The van der Waals surface area contributed by atoms with Gasteiger partial charge in [-0.15, -0.1) is 0 Å². The normalized spacial score (nSPS) is 11.5. The molecule has 7 nitrogen and oxygen atoms in total. The van der Waals surface area contributed by atoms with Crippen LogP contribution >= 0.6 is 0 Å². The lowest BCUT2D eigenvalue weighted by molar-refractivity contribution is -0.141. The van der Waals surface area contributed by atoms with Gasteiger partial charge >= 0.3 is 5.97 Å². The molecule has 0 amide bonds. The zero-order valence-corrected chi connectivity index (χ0v) is 13.5. The lowest BCUT2D eigenvalue weighted by Crippen LogP contribution is -2.39. The highest BCUT2D eigenvalue weighted by Crippen LogP contribution is 2.27. The molecule has 0 saturated carbocycles. The Morgan fingerprint density at radius 3 is 2.70 bits per heavy atom. The summed E-state index contributed by atoms with van der Waals surface area (Å²) in [5.74, 6) is 0.0848. The van der Waals surface area contributed by atoms with Gasteiger partial charge in [0.05, 0.1) is 17.5 Å². The van der Waals surface area contributed by atoms with Crippen molar-refractivity contribution in [2.45, 2.75) is 32.7 Å². The minimum atomic E-state index is -1.11. The molecule has 0 fully saturated rings. The number of carboxylic acids is 1. The highest BCUT2D eigenvalue weighted by molar-refractivity contribution is 5.88. The van der Waals surface area contributed by atoms with Crippen LogP contribution < -0.4 is 10.1 Å². The third kappa shape index (κ3) is 3.87. The first-order valence-corrected chi connectivity index (χ1v) is 7.43. The molecule has 1 heterocycles. The summed E-state index contributed by atoms with van der Waals surface area (Å²) in [7, 11) is 0. The van der Waals surface area contributed by atoms with Crippen molar-refractivity contribution in [3.8, 4) is 5.88 Å². The molecule has 2 rings (SSSR count). The van der Waals surface area contributed by atoms with E-state index in [1.54, 1.807) is 32.0 Å². The number of benzene rings is 1. The first-order valence-electron chi connectivity index (χ1n) is 7.43. The van der Waals surface area contributed by atoms with E-state index in [2.05, 4.69) is 15.3 Å². The third-order valence-corrected chi connectivity index (χ3v) is 3.34. The molecule has 124 valence electrons. The second-order valence-corrected chi connectivity index (χ2v) is 5.66. The summed E-state index contributed by atoms with van der Waals surface area (Å²) in [5, 5.41) is 21.8. The predicted octanol–water partition coefficient (Wildman–Crippen LogP) is 1.84. The van der Waals surface area contributed by atoms with E-state index in [-0.39, 0.29) is 13.2 Å². The van der Waals surface area contributed by atoms with Gasteiger partial charge in [0.25, 0.3) is 0 Å². The quantitative estimate of drug-likeness (QED) is 0.715. The van der Waals surface area contributed by atoms with Gasteiger partial charge in [-0.2, -0.15) is 4.98 Å². The molecule has 0 spiro atoms. The number of carbonyl (C=O) groups is 1. The van der Waals surface area contributed by atoms with Crippen molar-refractivity contribution in [1.82, 2.24) is 9.97 Å². The maximum atomic E-state index is 11.2. The van der Waals surface area contributed by atoms with Crippen LogP contribution in [0.25, 0.3) is 10.9 Å². The standard InChI is InChI=1S/C16H21N3O4/c1-4-13-17-12-6-5-10(19-16(2,3)15(21)22)9-11(12)14(18-13)23-8-7-20/h5-6,9,19-20H,4,7-8H2,1-3H3,(H,21,22). The van der Waals surface area contributed by atoms with Gasteiger partial charge < -0.3 is 20.3 Å². The Hall–Kier alpha value is -2.41. The lowest BCUT2D eigenvalue weighted by Gasteiger charge is -2.22. The van der Waals surface area contributed by atoms with Crippen molar-refractivity contribution in [1.29, 1.82) is 0 Å². The molecule has 3 N–H and O–H groups in total. The molecule has 1 aromatic heterocycles. The Morgan fingerprint density at radius 2 is 2.09 bits per heavy atom. The van der Waals surface area contributed by atoms with Crippen molar-refractivity contribution >= 4 is 22.6 Å². The molecule has 0 aliphatic rings. The van der Waals surface area contributed by atoms with E-state index < -0.39 is 11.5 Å². The van der Waals surface area contributed by atoms with Crippen LogP contribution in [0.3, 0.4) is 0 Å². The molecule has 2 aromatic rings. The number of aromatic nitrogens is 2. The number of hydrogen-bond donors (Lipinski definition) is 3. The van der Waals surface area contributed by atoms with Gasteiger partial charge in [-0.1, -0.05) is 6.92 Å². The smallest absolute Gasteiger partial charge is 0.328 e. The number of carboxylic acid groups (broad SMARTS) is 1. The number of rotatable bonds is 7. The van der Waals surface area contributed by atoms with Gasteiger partial charge in [-0.25, -0.2) is 9.78 Å². The fourth-order valence-corrected chi connectivity index (χ4v) is 2.05. The summed E-state index contributed by atoms with van der Waals surface area (Å²) < 4.78 is 5.50. The number of nitrogens with one attached hydrogen (secondary N) is 1. The average molecular weight is 319 g/mol. The zero-order valence-electron chi connectivity index (χ0n) is 13.5. The number of ether oxygens (including phenoxy) is 1. The van der Waals surface area contributed by atoms with Crippen LogP contribution in [0.15, 0.2) is 18.2 Å². The third-order valence-electron chi connectivity index (χ3n) is 3.34. The molecule has 7 heteroatoms. The van der Waals surface area contributed by atoms with Gasteiger partial charge in [0.2, 0.25) is 5.88 Å². The Labute approximate surface area is 134 Å². The number of aryl methyl sites for hydroxylation is 1. The van der Waals surface area contributed by atoms with Crippen molar-refractivity contribution in [3.63, 3.8) is 0 Å². The number of hydrogen-bond acceptors (Lipinski definition) is 6. The van der Waals surface area contributed by atoms with Crippen LogP contribution in [-0.2, 0) is 11.2 Å². The number of nitrogens with zero attached hydrogens (tertiary/aromatic N) is 2. The van der Waals surface area contributed by atoms with Crippen LogP contribution in [0.2, 0.25) is 0 Å². The van der Waals surface area contributed by atoms with E-state index in [0.29, 0.717) is 34.7 Å². The van der Waals surface area contributed by atoms with Crippen LogP contribution in [0, 0.1) is 0 Å². The second-order valence-electron chi connectivity index (χ2n) is 5.66. The van der Waals surface area contributed by atoms with Crippen LogP contribution in [0.4, 0.5) is 5.69 Å². The van der Waals surface area contributed by atoms with Gasteiger partial charge in [-0.3, -0.25) is 0 Å². The Morgan fingerprint density at radius 1 is 1.35 bits per heavy atom. The number of anilines is 1. The van der Waals surface area contributed by atoms with E-state index in [9.17, 15) is 9.90 Å². The summed E-state index contributed by atoms with van der Waals surface area (Å²) in [6.07, 6.45) is 0.664. The van der Waals surface area contributed by atoms with Crippen molar-refractivity contribution < 1.29 is 19.7 Å². The maximum absolute atomic E-state index is 11.2. The maximum Gasteiger partial charge on any atom is 0.328 e. The van der Waals surface area contributed by atoms with Crippen LogP contribution in [-0.4, -0.2) is 44.9 Å². The molecule has 0 bridgehead atoms. The van der Waals surface area contributed by atoms with Crippen LogP contribution in [0.1, 0.15) is 26.6 Å². The number of fused-ring (bicyclic) bond motifs is 1. The molecule has 23 heavy (non-hydrogen) atoms. The summed E-state index contributed by atoms with van der Waals surface area (Å²) in [5.41, 5.74) is 0.236. The SMILES string of the molecule is CCc1nc(OCCO)c2cc(NC(C)(C)C(=O)O)ccc2n1. The monoisotopic (exact) mass is 319 g/mol.